The Morgan fingerprint density at radius 3 is 2.50 bits per heavy atom. The zero-order chi connectivity index (χ0) is 24.7. The third-order valence-electron chi connectivity index (χ3n) is 5.03. The summed E-state index contributed by atoms with van der Waals surface area (Å²) >= 11 is 0. The van der Waals surface area contributed by atoms with Crippen LogP contribution in [0.3, 0.4) is 0 Å². The van der Waals surface area contributed by atoms with Gasteiger partial charge in [0, 0.05) is 11.6 Å². The van der Waals surface area contributed by atoms with Crippen molar-refractivity contribution in [3.8, 4) is 17.2 Å². The van der Waals surface area contributed by atoms with Crippen LogP contribution in [0.4, 0.5) is 13.2 Å². The van der Waals surface area contributed by atoms with Crippen LogP contribution < -0.4 is 4.74 Å². The minimum Gasteiger partial charge on any atom is -0.487 e. The van der Waals surface area contributed by atoms with Crippen molar-refractivity contribution < 1.29 is 31.9 Å². The van der Waals surface area contributed by atoms with Crippen molar-refractivity contribution in [2.75, 3.05) is 6.61 Å². The highest BCUT2D eigenvalue weighted by Gasteiger charge is 2.30. The monoisotopic (exact) mass is 473 g/mol. The number of ether oxygens (including phenoxy) is 2. The van der Waals surface area contributed by atoms with Gasteiger partial charge in [-0.2, -0.15) is 13.2 Å². The smallest absolute Gasteiger partial charge is 0.416 e. The summed E-state index contributed by atoms with van der Waals surface area (Å²) in [5, 5.41) is 0. The number of alkyl halides is 3. The van der Waals surface area contributed by atoms with E-state index in [1.54, 1.807) is 19.9 Å². The van der Waals surface area contributed by atoms with Crippen molar-refractivity contribution in [2.45, 2.75) is 46.4 Å². The number of hydrogen-bond acceptors (Lipinski definition) is 5. The number of esters is 1. The molecule has 0 aliphatic heterocycles. The van der Waals surface area contributed by atoms with Gasteiger partial charge in [0.05, 0.1) is 12.2 Å². The highest BCUT2D eigenvalue weighted by molar-refractivity contribution is 5.91. The molecule has 0 atom stereocenters. The Morgan fingerprint density at radius 2 is 1.85 bits per heavy atom. The van der Waals surface area contributed by atoms with E-state index >= 15 is 0 Å². The van der Waals surface area contributed by atoms with Crippen LogP contribution in [-0.2, 0) is 22.3 Å². The van der Waals surface area contributed by atoms with E-state index in [9.17, 15) is 18.0 Å². The molecule has 0 aliphatic rings. The molecule has 1 heterocycles. The van der Waals surface area contributed by atoms with Crippen LogP contribution in [0.15, 0.2) is 59.0 Å². The molecule has 0 fully saturated rings. The summed E-state index contributed by atoms with van der Waals surface area (Å²) in [5.74, 6) is 0.939. The third-order valence-corrected chi connectivity index (χ3v) is 5.03. The predicted octanol–water partition coefficient (Wildman–Crippen LogP) is 6.99. The lowest BCUT2D eigenvalue weighted by Gasteiger charge is -2.10. The third kappa shape index (κ3) is 6.50. The first-order valence-electron chi connectivity index (χ1n) is 11.0. The fourth-order valence-corrected chi connectivity index (χ4v) is 3.32. The van der Waals surface area contributed by atoms with E-state index < -0.39 is 11.7 Å². The molecule has 180 valence electrons. The Hall–Kier alpha value is -3.55. The molecule has 2 aromatic carbocycles. The van der Waals surface area contributed by atoms with Crippen molar-refractivity contribution in [1.82, 2.24) is 4.98 Å². The highest BCUT2D eigenvalue weighted by atomic mass is 19.4. The average molecular weight is 473 g/mol. The molecule has 8 heteroatoms. The van der Waals surface area contributed by atoms with Crippen molar-refractivity contribution in [2.24, 2.45) is 0 Å². The normalized spacial score (nSPS) is 12.0. The molecule has 5 nitrogen and oxygen atoms in total. The molecule has 0 N–H and O–H groups in total. The minimum atomic E-state index is -4.40. The van der Waals surface area contributed by atoms with E-state index in [1.165, 1.54) is 18.2 Å². The van der Waals surface area contributed by atoms with Gasteiger partial charge in [-0.25, -0.2) is 9.78 Å². The Balaban J connectivity index is 1.74. The van der Waals surface area contributed by atoms with E-state index in [2.05, 4.69) is 4.98 Å². The van der Waals surface area contributed by atoms with Crippen LogP contribution >= 0.6 is 0 Å². The van der Waals surface area contributed by atoms with Gasteiger partial charge in [0.2, 0.25) is 5.89 Å². The van der Waals surface area contributed by atoms with E-state index in [0.29, 0.717) is 35.8 Å². The fraction of sp³-hybridized carbons (Fsp3) is 0.308. The van der Waals surface area contributed by atoms with Crippen LogP contribution in [0.1, 0.15) is 49.3 Å². The van der Waals surface area contributed by atoms with Gasteiger partial charge in [-0.05, 0) is 67.8 Å². The number of aromatic nitrogens is 1. The van der Waals surface area contributed by atoms with Crippen LogP contribution in [-0.4, -0.2) is 17.6 Å². The van der Waals surface area contributed by atoms with Crippen LogP contribution in [0, 0.1) is 6.92 Å². The number of aryl methyl sites for hydroxylation is 1. The summed E-state index contributed by atoms with van der Waals surface area (Å²) in [5.41, 5.74) is 1.96. The molecule has 0 amide bonds. The Morgan fingerprint density at radius 1 is 1.12 bits per heavy atom. The molecule has 3 rings (SSSR count). The van der Waals surface area contributed by atoms with Gasteiger partial charge in [0.25, 0.3) is 0 Å². The van der Waals surface area contributed by atoms with Crippen molar-refractivity contribution >= 4 is 11.5 Å². The molecular formula is C26H26F3NO4. The lowest BCUT2D eigenvalue weighted by Crippen LogP contribution is -2.04. The van der Waals surface area contributed by atoms with Gasteiger partial charge >= 0.3 is 12.1 Å². The number of rotatable bonds is 9. The zero-order valence-corrected chi connectivity index (χ0v) is 19.2. The molecule has 0 bridgehead atoms. The molecule has 0 spiro atoms. The number of allylic oxidation sites excluding steroid dienone is 1. The molecule has 3 aromatic rings. The summed E-state index contributed by atoms with van der Waals surface area (Å²) in [6.45, 7) is 5.93. The average Bonchev–Trinajstić information content (AvgIpc) is 3.18. The maximum absolute atomic E-state index is 12.8. The van der Waals surface area contributed by atoms with Gasteiger partial charge in [-0.3, -0.25) is 0 Å². The first-order chi connectivity index (χ1) is 16.2. The molecule has 34 heavy (non-hydrogen) atoms. The second kappa shape index (κ2) is 11.0. The minimum absolute atomic E-state index is 0.115. The first-order valence-corrected chi connectivity index (χ1v) is 11.0. The SMILES string of the molecule is CCC/C(=C\C(=O)OCC)c1cccc(OCc2nc(-c3ccc(C(F)(F)F)cc3)oc2C)c1. The molecular weight excluding hydrogens is 447 g/mol. The first kappa shape index (κ1) is 25.1. The topological polar surface area (TPSA) is 61.6 Å². The van der Waals surface area contributed by atoms with Gasteiger partial charge in [0.15, 0.2) is 0 Å². The van der Waals surface area contributed by atoms with Gasteiger partial charge in [-0.1, -0.05) is 25.5 Å². The fourth-order valence-electron chi connectivity index (χ4n) is 3.32. The molecule has 0 saturated heterocycles. The number of halogens is 3. The zero-order valence-electron chi connectivity index (χ0n) is 19.2. The summed E-state index contributed by atoms with van der Waals surface area (Å²) in [7, 11) is 0. The Kier molecular flexibility index (Phi) is 8.15. The standard InChI is InChI=1S/C26H26F3NO4/c1-4-7-19(15-24(31)32-5-2)20-8-6-9-22(14-20)33-16-23-17(3)34-25(30-23)18-10-12-21(13-11-18)26(27,28)29/h6,8-15H,4-5,7,16H2,1-3H3/b19-15+. The number of oxazole rings is 1. The summed E-state index contributed by atoms with van der Waals surface area (Å²) in [6, 6.07) is 12.0. The number of carbonyl (C=O) groups is 1. The van der Waals surface area contributed by atoms with E-state index in [0.717, 1.165) is 29.7 Å². The molecule has 0 unspecified atom stereocenters. The number of nitrogens with zero attached hydrogens (tertiary/aromatic N) is 1. The summed E-state index contributed by atoms with van der Waals surface area (Å²) in [4.78, 5) is 16.3. The number of hydrogen-bond donors (Lipinski definition) is 0. The van der Waals surface area contributed by atoms with E-state index in [1.807, 2.05) is 25.1 Å². The Bertz CT molecular complexity index is 1150. The van der Waals surface area contributed by atoms with Crippen molar-refractivity contribution in [3.63, 3.8) is 0 Å². The van der Waals surface area contributed by atoms with Gasteiger partial charge < -0.3 is 13.9 Å². The second-order valence-corrected chi connectivity index (χ2v) is 7.59. The molecule has 1 aromatic heterocycles. The van der Waals surface area contributed by atoms with E-state index in [-0.39, 0.29) is 18.5 Å². The lowest BCUT2D eigenvalue weighted by atomic mass is 10.0. The van der Waals surface area contributed by atoms with Gasteiger partial charge in [-0.15, -0.1) is 0 Å². The highest BCUT2D eigenvalue weighted by Crippen LogP contribution is 2.31. The van der Waals surface area contributed by atoms with Crippen LogP contribution in [0.25, 0.3) is 17.0 Å². The lowest BCUT2D eigenvalue weighted by molar-refractivity contribution is -0.138. The molecule has 0 radical (unpaired) electrons. The Labute approximate surface area is 196 Å². The van der Waals surface area contributed by atoms with Crippen LogP contribution in [0.2, 0.25) is 0 Å². The number of carbonyl (C=O) groups excluding carboxylic acids is 1. The summed E-state index contributed by atoms with van der Waals surface area (Å²) < 4.78 is 54.9. The molecule has 0 saturated carbocycles. The summed E-state index contributed by atoms with van der Waals surface area (Å²) in [6.07, 6.45) is -1.33. The van der Waals surface area contributed by atoms with Crippen molar-refractivity contribution in [1.29, 1.82) is 0 Å². The van der Waals surface area contributed by atoms with E-state index in [4.69, 9.17) is 13.9 Å². The maximum Gasteiger partial charge on any atom is 0.416 e. The van der Waals surface area contributed by atoms with Crippen molar-refractivity contribution in [3.05, 3.63) is 77.2 Å². The maximum atomic E-state index is 12.8. The van der Waals surface area contributed by atoms with Gasteiger partial charge in [0.1, 0.15) is 23.8 Å². The molecule has 0 aliphatic carbocycles. The largest absolute Gasteiger partial charge is 0.487 e. The quantitative estimate of drug-likeness (QED) is 0.247. The number of benzene rings is 2. The predicted molar refractivity (Wildman–Crippen MR) is 122 cm³/mol. The van der Waals surface area contributed by atoms with Crippen LogP contribution in [0.5, 0.6) is 5.75 Å². The second-order valence-electron chi connectivity index (χ2n) is 7.59.